The Kier molecular flexibility index (Phi) is 5.81. The van der Waals surface area contributed by atoms with E-state index in [-0.39, 0.29) is 4.58 Å². The van der Waals surface area contributed by atoms with Gasteiger partial charge < -0.3 is 9.84 Å². The highest BCUT2D eigenvalue weighted by atomic mass is 35.5. The summed E-state index contributed by atoms with van der Waals surface area (Å²) >= 11 is 9.69. The Morgan fingerprint density at radius 1 is 1.13 bits per heavy atom. The molecule has 3 rings (SSSR count). The molecule has 122 valence electrons. The second-order valence-corrected chi connectivity index (χ2v) is 8.60. The average Bonchev–Trinajstić information content (AvgIpc) is 2.62. The lowest BCUT2D eigenvalue weighted by Crippen LogP contribution is -2.17. The van der Waals surface area contributed by atoms with Gasteiger partial charge in [-0.15, -0.1) is 23.5 Å². The number of halogens is 1. The van der Waals surface area contributed by atoms with Crippen molar-refractivity contribution < 1.29 is 9.84 Å². The summed E-state index contributed by atoms with van der Waals surface area (Å²) in [4.78, 5) is 0. The van der Waals surface area contributed by atoms with Crippen molar-refractivity contribution in [1.29, 1.82) is 0 Å². The number of ether oxygens (including phenoxy) is 1. The third-order valence-electron chi connectivity index (χ3n) is 3.85. The molecule has 1 aliphatic rings. The van der Waals surface area contributed by atoms with E-state index in [1.165, 1.54) is 6.42 Å². The van der Waals surface area contributed by atoms with Gasteiger partial charge in [-0.2, -0.15) is 0 Å². The molecular formula is C18H19ClO2S2. The molecule has 0 radical (unpaired) electrons. The van der Waals surface area contributed by atoms with Crippen LogP contribution in [0.2, 0.25) is 5.02 Å². The molecule has 0 aliphatic carbocycles. The van der Waals surface area contributed by atoms with Gasteiger partial charge in [0.15, 0.2) is 0 Å². The summed E-state index contributed by atoms with van der Waals surface area (Å²) in [5, 5.41) is 11.6. The average molecular weight is 367 g/mol. The lowest BCUT2D eigenvalue weighted by molar-refractivity contribution is 0.196. The minimum absolute atomic E-state index is 0.184. The number of benzene rings is 2. The Morgan fingerprint density at radius 2 is 1.83 bits per heavy atom. The van der Waals surface area contributed by atoms with E-state index in [1.54, 1.807) is 7.11 Å². The van der Waals surface area contributed by atoms with Crippen molar-refractivity contribution in [3.8, 4) is 16.9 Å². The lowest BCUT2D eigenvalue weighted by Gasteiger charge is -2.27. The minimum Gasteiger partial charge on any atom is -0.497 e. The van der Waals surface area contributed by atoms with Crippen LogP contribution in [0.25, 0.3) is 11.1 Å². The smallest absolute Gasteiger partial charge is 0.119 e. The van der Waals surface area contributed by atoms with Crippen LogP contribution < -0.4 is 4.74 Å². The van der Waals surface area contributed by atoms with Gasteiger partial charge in [0.05, 0.1) is 11.7 Å². The molecule has 2 aromatic carbocycles. The third-order valence-corrected chi connectivity index (χ3v) is 7.13. The molecule has 1 aliphatic heterocycles. The van der Waals surface area contributed by atoms with E-state index in [4.69, 9.17) is 16.3 Å². The second kappa shape index (κ2) is 7.84. The van der Waals surface area contributed by atoms with Gasteiger partial charge in [0, 0.05) is 5.02 Å². The fourth-order valence-electron chi connectivity index (χ4n) is 2.63. The maximum atomic E-state index is 10.9. The van der Waals surface area contributed by atoms with Gasteiger partial charge in [0.25, 0.3) is 0 Å². The van der Waals surface area contributed by atoms with Crippen LogP contribution in [0, 0.1) is 0 Å². The second-order valence-electron chi connectivity index (χ2n) is 5.37. The molecule has 0 spiro atoms. The van der Waals surface area contributed by atoms with Crippen molar-refractivity contribution in [2.75, 3.05) is 18.6 Å². The number of rotatable bonds is 4. The van der Waals surface area contributed by atoms with Crippen molar-refractivity contribution in [3.63, 3.8) is 0 Å². The zero-order valence-electron chi connectivity index (χ0n) is 12.9. The van der Waals surface area contributed by atoms with E-state index in [9.17, 15) is 5.11 Å². The monoisotopic (exact) mass is 366 g/mol. The quantitative estimate of drug-likeness (QED) is 0.800. The van der Waals surface area contributed by atoms with Crippen LogP contribution in [-0.4, -0.2) is 28.3 Å². The van der Waals surface area contributed by atoms with Gasteiger partial charge in [-0.25, -0.2) is 0 Å². The number of hydrogen-bond donors (Lipinski definition) is 1. The molecule has 1 saturated heterocycles. The maximum Gasteiger partial charge on any atom is 0.119 e. The molecule has 1 unspecified atom stereocenters. The summed E-state index contributed by atoms with van der Waals surface area (Å²) in [6, 6.07) is 13.6. The number of hydrogen-bond acceptors (Lipinski definition) is 4. The van der Waals surface area contributed by atoms with Crippen molar-refractivity contribution in [3.05, 3.63) is 53.1 Å². The van der Waals surface area contributed by atoms with E-state index in [0.29, 0.717) is 5.02 Å². The highest BCUT2D eigenvalue weighted by Crippen LogP contribution is 2.42. The van der Waals surface area contributed by atoms with E-state index in [1.807, 2.05) is 66.0 Å². The minimum atomic E-state index is -0.498. The third kappa shape index (κ3) is 4.00. The summed E-state index contributed by atoms with van der Waals surface area (Å²) in [7, 11) is 1.66. The van der Waals surface area contributed by atoms with Crippen LogP contribution in [0.5, 0.6) is 5.75 Å². The highest BCUT2D eigenvalue weighted by Gasteiger charge is 2.26. The number of thioether (sulfide) groups is 2. The SMILES string of the molecule is COc1ccc(C(O)C2SCCCS2)c(-c2ccc(Cl)cc2)c1. The molecule has 2 nitrogen and oxygen atoms in total. The lowest BCUT2D eigenvalue weighted by atomic mass is 9.96. The van der Waals surface area contributed by atoms with E-state index in [0.717, 1.165) is 33.9 Å². The summed E-state index contributed by atoms with van der Waals surface area (Å²) in [5.74, 6) is 3.01. The first-order chi connectivity index (χ1) is 11.2. The molecule has 0 saturated carbocycles. The van der Waals surface area contributed by atoms with Gasteiger partial charge in [0.2, 0.25) is 0 Å². The van der Waals surface area contributed by atoms with E-state index in [2.05, 4.69) is 0 Å². The largest absolute Gasteiger partial charge is 0.497 e. The molecular weight excluding hydrogens is 348 g/mol. The molecule has 23 heavy (non-hydrogen) atoms. The summed E-state index contributed by atoms with van der Waals surface area (Å²) in [6.45, 7) is 0. The fourth-order valence-corrected chi connectivity index (χ4v) is 5.65. The summed E-state index contributed by atoms with van der Waals surface area (Å²) < 4.78 is 5.55. The standard InChI is InChI=1S/C18H19ClO2S2/c1-21-14-7-8-15(17(20)18-22-9-2-10-23-18)16(11-14)12-3-5-13(19)6-4-12/h3-8,11,17-18,20H,2,9-10H2,1H3. The molecule has 0 bridgehead atoms. The Hall–Kier alpha value is -0.810. The molecule has 1 N–H and O–H groups in total. The number of aliphatic hydroxyl groups is 1. The van der Waals surface area contributed by atoms with Crippen molar-refractivity contribution in [2.24, 2.45) is 0 Å². The molecule has 1 atom stereocenters. The van der Waals surface area contributed by atoms with Crippen LogP contribution >= 0.6 is 35.1 Å². The van der Waals surface area contributed by atoms with Gasteiger partial charge in [0.1, 0.15) is 11.9 Å². The van der Waals surface area contributed by atoms with Crippen LogP contribution in [0.1, 0.15) is 18.1 Å². The van der Waals surface area contributed by atoms with E-state index >= 15 is 0 Å². The molecule has 2 aromatic rings. The van der Waals surface area contributed by atoms with Gasteiger partial charge in [-0.3, -0.25) is 0 Å². The Bertz CT molecular complexity index is 655. The van der Waals surface area contributed by atoms with Crippen molar-refractivity contribution >= 4 is 35.1 Å². The van der Waals surface area contributed by atoms with Gasteiger partial charge >= 0.3 is 0 Å². The topological polar surface area (TPSA) is 29.5 Å². The van der Waals surface area contributed by atoms with Crippen molar-refractivity contribution in [1.82, 2.24) is 0 Å². The molecule has 0 aromatic heterocycles. The highest BCUT2D eigenvalue weighted by molar-refractivity contribution is 8.17. The molecule has 1 heterocycles. The van der Waals surface area contributed by atoms with Crippen LogP contribution in [0.3, 0.4) is 0 Å². The first kappa shape index (κ1) is 17.0. The first-order valence-corrected chi connectivity index (χ1v) is 10.0. The fraction of sp³-hybridized carbons (Fsp3) is 0.333. The molecule has 0 amide bonds. The van der Waals surface area contributed by atoms with E-state index < -0.39 is 6.10 Å². The number of aliphatic hydroxyl groups excluding tert-OH is 1. The number of methoxy groups -OCH3 is 1. The van der Waals surface area contributed by atoms with Crippen LogP contribution in [0.4, 0.5) is 0 Å². The summed E-state index contributed by atoms with van der Waals surface area (Å²) in [6.07, 6.45) is 0.715. The first-order valence-electron chi connectivity index (χ1n) is 7.54. The van der Waals surface area contributed by atoms with Crippen LogP contribution in [0.15, 0.2) is 42.5 Å². The predicted octanol–water partition coefficient (Wildman–Crippen LogP) is 5.25. The van der Waals surface area contributed by atoms with Gasteiger partial charge in [-0.05, 0) is 58.9 Å². The van der Waals surface area contributed by atoms with Crippen LogP contribution in [-0.2, 0) is 0 Å². The normalized spacial score (nSPS) is 17.0. The zero-order valence-corrected chi connectivity index (χ0v) is 15.3. The predicted molar refractivity (Wildman–Crippen MR) is 102 cm³/mol. The summed E-state index contributed by atoms with van der Waals surface area (Å²) in [5.41, 5.74) is 2.98. The maximum absolute atomic E-state index is 10.9. The Labute approximate surface area is 150 Å². The molecule has 5 heteroatoms. The Morgan fingerprint density at radius 3 is 2.48 bits per heavy atom. The Balaban J connectivity index is 1.99. The van der Waals surface area contributed by atoms with Crippen molar-refractivity contribution in [2.45, 2.75) is 17.1 Å². The van der Waals surface area contributed by atoms with Gasteiger partial charge in [-0.1, -0.05) is 29.8 Å². The zero-order chi connectivity index (χ0) is 16.2. The molecule has 1 fully saturated rings.